The third-order valence-corrected chi connectivity index (χ3v) is 2.85. The van der Waals surface area contributed by atoms with Gasteiger partial charge in [0.15, 0.2) is 0 Å². The van der Waals surface area contributed by atoms with Crippen LogP contribution in [0, 0.1) is 6.92 Å². The standard InChI is InChI=1S/C12H17N3O/c1-8-2-4-9(5-3-8)11(13)12(16)15-10-6-14-7-10/h2-5,10-11,14H,6-7,13H2,1H3,(H,15,16). The molecule has 1 heterocycles. The summed E-state index contributed by atoms with van der Waals surface area (Å²) < 4.78 is 0. The number of carbonyl (C=O) groups excluding carboxylic acids is 1. The molecule has 1 aliphatic heterocycles. The molecule has 1 aromatic carbocycles. The van der Waals surface area contributed by atoms with Crippen LogP contribution in [-0.4, -0.2) is 25.0 Å². The number of aryl methyl sites for hydroxylation is 1. The van der Waals surface area contributed by atoms with Crippen molar-refractivity contribution in [3.05, 3.63) is 35.4 Å². The van der Waals surface area contributed by atoms with E-state index in [4.69, 9.17) is 5.73 Å². The Kier molecular flexibility index (Phi) is 3.22. The molecule has 1 aromatic rings. The average molecular weight is 219 g/mol. The molecule has 16 heavy (non-hydrogen) atoms. The molecule has 1 aliphatic rings. The number of benzene rings is 1. The molecule has 0 bridgehead atoms. The van der Waals surface area contributed by atoms with Crippen molar-refractivity contribution in [3.8, 4) is 0 Å². The third-order valence-electron chi connectivity index (χ3n) is 2.85. The van der Waals surface area contributed by atoms with Gasteiger partial charge in [-0.3, -0.25) is 4.79 Å². The van der Waals surface area contributed by atoms with Crippen LogP contribution in [0.1, 0.15) is 17.2 Å². The van der Waals surface area contributed by atoms with E-state index in [1.165, 1.54) is 5.56 Å². The second-order valence-corrected chi connectivity index (χ2v) is 4.25. The lowest BCUT2D eigenvalue weighted by molar-refractivity contribution is -0.123. The molecule has 0 saturated carbocycles. The van der Waals surface area contributed by atoms with Crippen LogP contribution in [0.4, 0.5) is 0 Å². The van der Waals surface area contributed by atoms with E-state index in [1.807, 2.05) is 31.2 Å². The highest BCUT2D eigenvalue weighted by molar-refractivity contribution is 5.83. The fourth-order valence-electron chi connectivity index (χ4n) is 1.61. The van der Waals surface area contributed by atoms with Crippen LogP contribution in [0.15, 0.2) is 24.3 Å². The van der Waals surface area contributed by atoms with Crippen LogP contribution >= 0.6 is 0 Å². The highest BCUT2D eigenvalue weighted by Gasteiger charge is 2.22. The minimum atomic E-state index is -0.568. The molecule has 1 amide bonds. The van der Waals surface area contributed by atoms with Gasteiger partial charge in [-0.05, 0) is 12.5 Å². The molecular formula is C12H17N3O. The van der Waals surface area contributed by atoms with Crippen molar-refractivity contribution in [2.75, 3.05) is 13.1 Å². The Morgan fingerprint density at radius 3 is 2.56 bits per heavy atom. The van der Waals surface area contributed by atoms with Crippen molar-refractivity contribution < 1.29 is 4.79 Å². The van der Waals surface area contributed by atoms with E-state index in [0.717, 1.165) is 18.7 Å². The lowest BCUT2D eigenvalue weighted by Gasteiger charge is -2.29. The second kappa shape index (κ2) is 4.63. The van der Waals surface area contributed by atoms with Gasteiger partial charge in [-0.15, -0.1) is 0 Å². The Morgan fingerprint density at radius 1 is 1.44 bits per heavy atom. The van der Waals surface area contributed by atoms with Crippen LogP contribution in [0.25, 0.3) is 0 Å². The monoisotopic (exact) mass is 219 g/mol. The van der Waals surface area contributed by atoms with Gasteiger partial charge in [0.05, 0.1) is 6.04 Å². The van der Waals surface area contributed by atoms with Gasteiger partial charge in [-0.1, -0.05) is 29.8 Å². The lowest BCUT2D eigenvalue weighted by Crippen LogP contribution is -2.58. The predicted octanol–water partition coefficient (Wildman–Crippen LogP) is 0.0828. The van der Waals surface area contributed by atoms with Crippen LogP contribution < -0.4 is 16.4 Å². The smallest absolute Gasteiger partial charge is 0.241 e. The summed E-state index contributed by atoms with van der Waals surface area (Å²) in [7, 11) is 0. The van der Waals surface area contributed by atoms with Gasteiger partial charge in [0.2, 0.25) is 5.91 Å². The van der Waals surface area contributed by atoms with Crippen molar-refractivity contribution >= 4 is 5.91 Å². The van der Waals surface area contributed by atoms with Crippen molar-refractivity contribution in [3.63, 3.8) is 0 Å². The van der Waals surface area contributed by atoms with Gasteiger partial charge in [0, 0.05) is 13.1 Å². The van der Waals surface area contributed by atoms with E-state index in [-0.39, 0.29) is 11.9 Å². The first-order valence-corrected chi connectivity index (χ1v) is 5.50. The maximum atomic E-state index is 11.8. The molecule has 0 radical (unpaired) electrons. The van der Waals surface area contributed by atoms with Crippen LogP contribution in [0.5, 0.6) is 0 Å². The topological polar surface area (TPSA) is 67.2 Å². The first kappa shape index (κ1) is 11.1. The van der Waals surface area contributed by atoms with Crippen molar-refractivity contribution in [1.82, 2.24) is 10.6 Å². The Labute approximate surface area is 95.2 Å². The van der Waals surface area contributed by atoms with E-state index in [1.54, 1.807) is 0 Å². The SMILES string of the molecule is Cc1ccc(C(N)C(=O)NC2CNC2)cc1. The molecule has 1 fully saturated rings. The van der Waals surface area contributed by atoms with Crippen molar-refractivity contribution in [2.24, 2.45) is 5.73 Å². The zero-order chi connectivity index (χ0) is 11.5. The highest BCUT2D eigenvalue weighted by Crippen LogP contribution is 2.11. The molecule has 2 rings (SSSR count). The van der Waals surface area contributed by atoms with Gasteiger partial charge < -0.3 is 16.4 Å². The minimum Gasteiger partial charge on any atom is -0.349 e. The number of rotatable bonds is 3. The molecule has 0 aliphatic carbocycles. The van der Waals surface area contributed by atoms with Gasteiger partial charge in [-0.25, -0.2) is 0 Å². The number of carbonyl (C=O) groups is 1. The highest BCUT2D eigenvalue weighted by atomic mass is 16.2. The summed E-state index contributed by atoms with van der Waals surface area (Å²) in [5.41, 5.74) is 7.91. The maximum absolute atomic E-state index is 11.8. The molecule has 0 spiro atoms. The number of nitrogens with two attached hydrogens (primary N) is 1. The van der Waals surface area contributed by atoms with Crippen molar-refractivity contribution in [2.45, 2.75) is 19.0 Å². The van der Waals surface area contributed by atoms with Crippen LogP contribution in [-0.2, 0) is 4.79 Å². The zero-order valence-electron chi connectivity index (χ0n) is 9.36. The molecule has 1 atom stereocenters. The second-order valence-electron chi connectivity index (χ2n) is 4.25. The van der Waals surface area contributed by atoms with Crippen LogP contribution in [0.2, 0.25) is 0 Å². The molecule has 4 heteroatoms. The number of hydrogen-bond donors (Lipinski definition) is 3. The molecular weight excluding hydrogens is 202 g/mol. The molecule has 1 saturated heterocycles. The molecule has 4 N–H and O–H groups in total. The van der Waals surface area contributed by atoms with Gasteiger partial charge >= 0.3 is 0 Å². The number of nitrogens with one attached hydrogen (secondary N) is 2. The largest absolute Gasteiger partial charge is 0.349 e. The molecule has 0 aromatic heterocycles. The molecule has 86 valence electrons. The predicted molar refractivity (Wildman–Crippen MR) is 62.9 cm³/mol. The first-order chi connectivity index (χ1) is 7.66. The third kappa shape index (κ3) is 2.40. The Balaban J connectivity index is 1.97. The fourth-order valence-corrected chi connectivity index (χ4v) is 1.61. The van der Waals surface area contributed by atoms with Crippen molar-refractivity contribution in [1.29, 1.82) is 0 Å². The number of hydrogen-bond acceptors (Lipinski definition) is 3. The maximum Gasteiger partial charge on any atom is 0.241 e. The minimum absolute atomic E-state index is 0.102. The summed E-state index contributed by atoms with van der Waals surface area (Å²) in [6.45, 7) is 3.69. The quantitative estimate of drug-likeness (QED) is 0.674. The summed E-state index contributed by atoms with van der Waals surface area (Å²) in [5, 5.41) is 6.00. The fraction of sp³-hybridized carbons (Fsp3) is 0.417. The van der Waals surface area contributed by atoms with Crippen LogP contribution in [0.3, 0.4) is 0 Å². The molecule has 4 nitrogen and oxygen atoms in total. The van der Waals surface area contributed by atoms with E-state index in [2.05, 4.69) is 10.6 Å². The number of amides is 1. The van der Waals surface area contributed by atoms with Gasteiger partial charge in [-0.2, -0.15) is 0 Å². The van der Waals surface area contributed by atoms with E-state index >= 15 is 0 Å². The summed E-state index contributed by atoms with van der Waals surface area (Å²) in [4.78, 5) is 11.8. The summed E-state index contributed by atoms with van der Waals surface area (Å²) >= 11 is 0. The molecule has 1 unspecified atom stereocenters. The first-order valence-electron chi connectivity index (χ1n) is 5.50. The summed E-state index contributed by atoms with van der Waals surface area (Å²) in [6, 6.07) is 7.41. The van der Waals surface area contributed by atoms with E-state index < -0.39 is 6.04 Å². The Morgan fingerprint density at radius 2 is 2.06 bits per heavy atom. The normalized spacial score (nSPS) is 17.6. The van der Waals surface area contributed by atoms with Gasteiger partial charge in [0.1, 0.15) is 6.04 Å². The summed E-state index contributed by atoms with van der Waals surface area (Å²) in [5.74, 6) is -0.102. The zero-order valence-corrected chi connectivity index (χ0v) is 9.36. The average Bonchev–Trinajstić information content (AvgIpc) is 2.23. The van der Waals surface area contributed by atoms with Gasteiger partial charge in [0.25, 0.3) is 0 Å². The Hall–Kier alpha value is -1.39. The summed E-state index contributed by atoms with van der Waals surface area (Å²) in [6.07, 6.45) is 0. The Bertz CT molecular complexity index is 370. The lowest BCUT2D eigenvalue weighted by atomic mass is 10.0. The van der Waals surface area contributed by atoms with E-state index in [0.29, 0.717) is 0 Å². The van der Waals surface area contributed by atoms with E-state index in [9.17, 15) is 4.79 Å².